The molecule has 14 heavy (non-hydrogen) atoms. The lowest BCUT2D eigenvalue weighted by Gasteiger charge is -2.20. The van der Waals surface area contributed by atoms with E-state index in [1.54, 1.807) is 6.08 Å². The molecule has 72 valence electrons. The first kappa shape index (κ1) is 8.81. The first-order valence-corrected chi connectivity index (χ1v) is 4.37. The topological polar surface area (TPSA) is 35.5 Å². The number of rotatable bonds is 1. The Hall–Kier alpha value is -1.77. The maximum absolute atomic E-state index is 10.7. The Morgan fingerprint density at radius 2 is 2.21 bits per heavy atom. The second-order valence-corrected chi connectivity index (χ2v) is 2.99. The molecule has 0 saturated heterocycles. The zero-order chi connectivity index (χ0) is 9.97. The van der Waals surface area contributed by atoms with Crippen LogP contribution in [0.4, 0.5) is 0 Å². The van der Waals surface area contributed by atoms with Gasteiger partial charge in [-0.1, -0.05) is 18.2 Å². The Labute approximate surface area is 81.9 Å². The van der Waals surface area contributed by atoms with E-state index in [0.29, 0.717) is 0 Å². The van der Waals surface area contributed by atoms with Crippen molar-refractivity contribution in [1.82, 2.24) is 0 Å². The van der Waals surface area contributed by atoms with Gasteiger partial charge in [0, 0.05) is 12.5 Å². The molecular weight excluding hydrogens is 180 g/mol. The summed E-state index contributed by atoms with van der Waals surface area (Å²) < 4.78 is 10.3. The van der Waals surface area contributed by atoms with Crippen LogP contribution in [0.25, 0.3) is 6.08 Å². The van der Waals surface area contributed by atoms with Crippen molar-refractivity contribution >= 4 is 12.0 Å². The van der Waals surface area contributed by atoms with Crippen molar-refractivity contribution in [2.45, 2.75) is 13.2 Å². The van der Waals surface area contributed by atoms with Gasteiger partial charge in [-0.25, -0.2) is 0 Å². The van der Waals surface area contributed by atoms with E-state index in [-0.39, 0.29) is 5.97 Å². The number of hydrogen-bond donors (Lipinski definition) is 0. The number of ether oxygens (including phenoxy) is 2. The van der Waals surface area contributed by atoms with E-state index in [4.69, 9.17) is 9.47 Å². The SMILES string of the molecule is CC(=O)OC1C=Cc2ccccc2O1. The van der Waals surface area contributed by atoms with Crippen LogP contribution < -0.4 is 4.74 Å². The van der Waals surface area contributed by atoms with Crippen LogP contribution in [0.3, 0.4) is 0 Å². The minimum atomic E-state index is -0.595. The standard InChI is InChI=1S/C11H10O3/c1-8(12)13-11-7-6-9-4-2-3-5-10(9)14-11/h2-7,11H,1H3. The molecular formula is C11H10O3. The van der Waals surface area contributed by atoms with Gasteiger partial charge in [0.15, 0.2) is 0 Å². The van der Waals surface area contributed by atoms with Gasteiger partial charge in [-0.05, 0) is 18.2 Å². The lowest BCUT2D eigenvalue weighted by Crippen LogP contribution is -2.22. The van der Waals surface area contributed by atoms with Crippen molar-refractivity contribution < 1.29 is 14.3 Å². The van der Waals surface area contributed by atoms with Crippen LogP contribution in [0.5, 0.6) is 5.75 Å². The molecule has 3 heteroatoms. The molecule has 1 aromatic rings. The van der Waals surface area contributed by atoms with Gasteiger partial charge in [0.25, 0.3) is 6.29 Å². The summed E-state index contributed by atoms with van der Waals surface area (Å²) in [6, 6.07) is 7.59. The van der Waals surface area contributed by atoms with Gasteiger partial charge < -0.3 is 9.47 Å². The van der Waals surface area contributed by atoms with Crippen LogP contribution in [0.2, 0.25) is 0 Å². The Bertz CT molecular complexity index is 382. The molecule has 0 bridgehead atoms. The van der Waals surface area contributed by atoms with E-state index in [9.17, 15) is 4.79 Å². The van der Waals surface area contributed by atoms with Crippen molar-refractivity contribution in [3.63, 3.8) is 0 Å². The Kier molecular flexibility index (Phi) is 2.23. The van der Waals surface area contributed by atoms with Crippen molar-refractivity contribution in [1.29, 1.82) is 0 Å². The van der Waals surface area contributed by atoms with Crippen molar-refractivity contribution in [2.75, 3.05) is 0 Å². The van der Waals surface area contributed by atoms with E-state index < -0.39 is 6.29 Å². The van der Waals surface area contributed by atoms with Crippen LogP contribution in [0, 0.1) is 0 Å². The molecule has 2 rings (SSSR count). The summed E-state index contributed by atoms with van der Waals surface area (Å²) in [6.07, 6.45) is 3.00. The molecule has 0 N–H and O–H groups in total. The highest BCUT2D eigenvalue weighted by molar-refractivity contribution is 5.67. The molecule has 1 aliphatic rings. The van der Waals surface area contributed by atoms with Crippen LogP contribution in [-0.2, 0) is 9.53 Å². The summed E-state index contributed by atoms with van der Waals surface area (Å²) in [6.45, 7) is 1.36. The second-order valence-electron chi connectivity index (χ2n) is 2.99. The Morgan fingerprint density at radius 3 is 3.00 bits per heavy atom. The largest absolute Gasteiger partial charge is 0.450 e. The Balaban J connectivity index is 2.17. The smallest absolute Gasteiger partial charge is 0.305 e. The number of carbonyl (C=O) groups is 1. The highest BCUT2D eigenvalue weighted by Gasteiger charge is 2.15. The molecule has 0 fully saturated rings. The third-order valence-corrected chi connectivity index (χ3v) is 1.88. The predicted octanol–water partition coefficient (Wildman–Crippen LogP) is 1.98. The quantitative estimate of drug-likeness (QED) is 0.635. The monoisotopic (exact) mass is 190 g/mol. The fourth-order valence-electron chi connectivity index (χ4n) is 1.30. The number of para-hydroxylation sites is 1. The third-order valence-electron chi connectivity index (χ3n) is 1.88. The normalized spacial score (nSPS) is 18.2. The molecule has 0 aromatic heterocycles. The molecule has 1 aromatic carbocycles. The molecule has 1 heterocycles. The summed E-state index contributed by atoms with van der Waals surface area (Å²) in [5.74, 6) is 0.389. The van der Waals surface area contributed by atoms with Gasteiger partial charge in [0.05, 0.1) is 0 Å². The zero-order valence-electron chi connectivity index (χ0n) is 7.77. The number of esters is 1. The first-order chi connectivity index (χ1) is 6.75. The fourth-order valence-corrected chi connectivity index (χ4v) is 1.30. The van der Waals surface area contributed by atoms with Gasteiger partial charge in [0.1, 0.15) is 5.75 Å². The fraction of sp³-hybridized carbons (Fsp3) is 0.182. The molecule has 0 saturated carbocycles. The molecule has 1 aliphatic heterocycles. The maximum atomic E-state index is 10.7. The van der Waals surface area contributed by atoms with E-state index >= 15 is 0 Å². The predicted molar refractivity (Wildman–Crippen MR) is 51.7 cm³/mol. The highest BCUT2D eigenvalue weighted by Crippen LogP contribution is 2.25. The van der Waals surface area contributed by atoms with Gasteiger partial charge in [-0.15, -0.1) is 0 Å². The summed E-state index contributed by atoms with van der Waals surface area (Å²) in [4.78, 5) is 10.7. The van der Waals surface area contributed by atoms with Gasteiger partial charge in [-0.3, -0.25) is 4.79 Å². The molecule has 3 nitrogen and oxygen atoms in total. The molecule has 0 radical (unpaired) electrons. The van der Waals surface area contributed by atoms with Crippen molar-refractivity contribution in [3.05, 3.63) is 35.9 Å². The lowest BCUT2D eigenvalue weighted by molar-refractivity contribution is -0.155. The third kappa shape index (κ3) is 1.76. The summed E-state index contributed by atoms with van der Waals surface area (Å²) >= 11 is 0. The number of carbonyl (C=O) groups excluding carboxylic acids is 1. The number of hydrogen-bond acceptors (Lipinski definition) is 3. The van der Waals surface area contributed by atoms with Gasteiger partial charge >= 0.3 is 5.97 Å². The molecule has 1 atom stereocenters. The Morgan fingerprint density at radius 1 is 1.43 bits per heavy atom. The lowest BCUT2D eigenvalue weighted by atomic mass is 10.1. The van der Waals surface area contributed by atoms with Crippen LogP contribution in [0.15, 0.2) is 30.3 Å². The average Bonchev–Trinajstić information content (AvgIpc) is 2.17. The van der Waals surface area contributed by atoms with E-state index in [2.05, 4.69) is 0 Å². The van der Waals surface area contributed by atoms with E-state index in [1.807, 2.05) is 30.3 Å². The number of benzene rings is 1. The van der Waals surface area contributed by atoms with Crippen LogP contribution in [-0.4, -0.2) is 12.3 Å². The van der Waals surface area contributed by atoms with Gasteiger partial charge in [0.2, 0.25) is 0 Å². The van der Waals surface area contributed by atoms with Crippen molar-refractivity contribution in [2.24, 2.45) is 0 Å². The molecule has 0 amide bonds. The van der Waals surface area contributed by atoms with Crippen LogP contribution in [0.1, 0.15) is 12.5 Å². The van der Waals surface area contributed by atoms with E-state index in [1.165, 1.54) is 6.92 Å². The average molecular weight is 190 g/mol. The van der Waals surface area contributed by atoms with Crippen LogP contribution >= 0.6 is 0 Å². The minimum Gasteiger partial charge on any atom is -0.450 e. The summed E-state index contributed by atoms with van der Waals surface area (Å²) in [7, 11) is 0. The summed E-state index contributed by atoms with van der Waals surface area (Å²) in [5.41, 5.74) is 0.996. The number of fused-ring (bicyclic) bond motifs is 1. The zero-order valence-corrected chi connectivity index (χ0v) is 7.77. The first-order valence-electron chi connectivity index (χ1n) is 4.37. The summed E-state index contributed by atoms with van der Waals surface area (Å²) in [5, 5.41) is 0. The molecule has 0 spiro atoms. The maximum Gasteiger partial charge on any atom is 0.305 e. The van der Waals surface area contributed by atoms with Crippen molar-refractivity contribution in [3.8, 4) is 5.75 Å². The molecule has 0 aliphatic carbocycles. The highest BCUT2D eigenvalue weighted by atomic mass is 16.7. The second kappa shape index (κ2) is 3.54. The van der Waals surface area contributed by atoms with E-state index in [0.717, 1.165) is 11.3 Å². The van der Waals surface area contributed by atoms with Gasteiger partial charge in [-0.2, -0.15) is 0 Å². The molecule has 1 unspecified atom stereocenters. The minimum absolute atomic E-state index is 0.348.